The summed E-state index contributed by atoms with van der Waals surface area (Å²) in [5.74, 6) is 0.867. The smallest absolute Gasteiger partial charge is 0.251 e. The molecule has 16 heavy (non-hydrogen) atoms. The molecule has 3 nitrogen and oxygen atoms in total. The van der Waals surface area contributed by atoms with E-state index in [2.05, 4.69) is 5.32 Å². The van der Waals surface area contributed by atoms with Crippen LogP contribution >= 0.6 is 0 Å². The van der Waals surface area contributed by atoms with Gasteiger partial charge in [-0.3, -0.25) is 4.79 Å². The number of amides is 1. The van der Waals surface area contributed by atoms with Gasteiger partial charge in [0.15, 0.2) is 0 Å². The van der Waals surface area contributed by atoms with Crippen molar-refractivity contribution in [2.45, 2.75) is 32.7 Å². The van der Waals surface area contributed by atoms with Crippen molar-refractivity contribution in [3.63, 3.8) is 0 Å². The molecule has 1 aromatic rings. The van der Waals surface area contributed by atoms with E-state index in [-0.39, 0.29) is 5.91 Å². The van der Waals surface area contributed by atoms with Gasteiger partial charge >= 0.3 is 0 Å². The molecular formula is C13H17NO2. The lowest BCUT2D eigenvalue weighted by atomic mass is 10.0. The van der Waals surface area contributed by atoms with Gasteiger partial charge in [-0.15, -0.1) is 0 Å². The zero-order valence-electron chi connectivity index (χ0n) is 9.96. The van der Waals surface area contributed by atoms with Gasteiger partial charge in [0.25, 0.3) is 5.91 Å². The van der Waals surface area contributed by atoms with E-state index in [1.807, 2.05) is 26.0 Å². The summed E-state index contributed by atoms with van der Waals surface area (Å²) in [5.41, 5.74) is 2.71. The van der Waals surface area contributed by atoms with E-state index in [1.54, 1.807) is 7.11 Å². The Labute approximate surface area is 95.8 Å². The predicted octanol–water partition coefficient (Wildman–Crippen LogP) is 2.20. The molecule has 86 valence electrons. The first kappa shape index (κ1) is 11.0. The van der Waals surface area contributed by atoms with Crippen LogP contribution in [0.2, 0.25) is 0 Å². The average molecular weight is 219 g/mol. The van der Waals surface area contributed by atoms with Gasteiger partial charge in [-0.1, -0.05) is 0 Å². The number of rotatable bonds is 3. The fourth-order valence-electron chi connectivity index (χ4n) is 1.75. The largest absolute Gasteiger partial charge is 0.496 e. The molecule has 1 N–H and O–H groups in total. The molecule has 0 unspecified atom stereocenters. The lowest BCUT2D eigenvalue weighted by Crippen LogP contribution is -2.26. The fraction of sp³-hybridized carbons (Fsp3) is 0.462. The standard InChI is InChI=1S/C13H17NO2/c1-8-7-12(16-3)9(2)6-11(8)13(15)14-10-4-5-10/h6-7,10H,4-5H2,1-3H3,(H,14,15). The highest BCUT2D eigenvalue weighted by atomic mass is 16.5. The van der Waals surface area contributed by atoms with E-state index >= 15 is 0 Å². The van der Waals surface area contributed by atoms with Gasteiger partial charge in [-0.25, -0.2) is 0 Å². The first-order valence-corrected chi connectivity index (χ1v) is 5.58. The summed E-state index contributed by atoms with van der Waals surface area (Å²) in [6.45, 7) is 3.88. The summed E-state index contributed by atoms with van der Waals surface area (Å²) in [5, 5.41) is 3.00. The van der Waals surface area contributed by atoms with E-state index in [4.69, 9.17) is 4.74 Å². The lowest BCUT2D eigenvalue weighted by molar-refractivity contribution is 0.0950. The molecule has 0 bridgehead atoms. The van der Waals surface area contributed by atoms with Gasteiger partial charge in [0.2, 0.25) is 0 Å². The second kappa shape index (κ2) is 4.16. The topological polar surface area (TPSA) is 38.3 Å². The van der Waals surface area contributed by atoms with Crippen molar-refractivity contribution in [1.82, 2.24) is 5.32 Å². The molecular weight excluding hydrogens is 202 g/mol. The third kappa shape index (κ3) is 2.18. The number of hydrogen-bond acceptors (Lipinski definition) is 2. The Kier molecular flexibility index (Phi) is 2.86. The first-order valence-electron chi connectivity index (χ1n) is 5.58. The number of methoxy groups -OCH3 is 1. The number of hydrogen-bond donors (Lipinski definition) is 1. The second-order valence-electron chi connectivity index (χ2n) is 4.38. The van der Waals surface area contributed by atoms with Crippen molar-refractivity contribution in [2.75, 3.05) is 7.11 Å². The Morgan fingerprint density at radius 1 is 1.31 bits per heavy atom. The number of aryl methyl sites for hydroxylation is 2. The van der Waals surface area contributed by atoms with Gasteiger partial charge in [-0.2, -0.15) is 0 Å². The Morgan fingerprint density at radius 3 is 2.56 bits per heavy atom. The summed E-state index contributed by atoms with van der Waals surface area (Å²) in [6, 6.07) is 4.21. The van der Waals surface area contributed by atoms with Gasteiger partial charge in [0, 0.05) is 11.6 Å². The van der Waals surface area contributed by atoms with E-state index in [9.17, 15) is 4.79 Å². The van der Waals surface area contributed by atoms with Gasteiger partial charge in [0.1, 0.15) is 5.75 Å². The van der Waals surface area contributed by atoms with Crippen molar-refractivity contribution >= 4 is 5.91 Å². The monoisotopic (exact) mass is 219 g/mol. The minimum absolute atomic E-state index is 0.0331. The van der Waals surface area contributed by atoms with Crippen LogP contribution in [0.3, 0.4) is 0 Å². The zero-order valence-corrected chi connectivity index (χ0v) is 9.96. The normalized spacial score (nSPS) is 14.7. The number of carbonyl (C=O) groups is 1. The summed E-state index contributed by atoms with van der Waals surface area (Å²) in [4.78, 5) is 11.9. The minimum Gasteiger partial charge on any atom is -0.496 e. The van der Waals surface area contributed by atoms with Crippen LogP contribution < -0.4 is 10.1 Å². The molecule has 1 amide bonds. The van der Waals surface area contributed by atoms with Gasteiger partial charge in [0.05, 0.1) is 7.11 Å². The highest BCUT2D eigenvalue weighted by Crippen LogP contribution is 2.24. The number of benzene rings is 1. The summed E-state index contributed by atoms with van der Waals surface area (Å²) >= 11 is 0. The number of ether oxygens (including phenoxy) is 1. The summed E-state index contributed by atoms with van der Waals surface area (Å²) in [6.07, 6.45) is 2.22. The lowest BCUT2D eigenvalue weighted by Gasteiger charge is -2.11. The third-order valence-corrected chi connectivity index (χ3v) is 2.90. The van der Waals surface area contributed by atoms with Gasteiger partial charge < -0.3 is 10.1 Å². The first-order chi connectivity index (χ1) is 7.61. The molecule has 0 aromatic heterocycles. The third-order valence-electron chi connectivity index (χ3n) is 2.90. The molecule has 0 radical (unpaired) electrons. The highest BCUT2D eigenvalue weighted by molar-refractivity contribution is 5.96. The molecule has 1 aliphatic carbocycles. The van der Waals surface area contributed by atoms with Crippen molar-refractivity contribution in [3.8, 4) is 5.75 Å². The fourth-order valence-corrected chi connectivity index (χ4v) is 1.75. The van der Waals surface area contributed by atoms with Crippen LogP contribution in [0.1, 0.15) is 34.3 Å². The van der Waals surface area contributed by atoms with Gasteiger partial charge in [-0.05, 0) is 49.9 Å². The Balaban J connectivity index is 2.25. The maximum absolute atomic E-state index is 11.9. The Hall–Kier alpha value is -1.51. The molecule has 3 heteroatoms. The Morgan fingerprint density at radius 2 is 2.00 bits per heavy atom. The van der Waals surface area contributed by atoms with E-state index in [1.165, 1.54) is 0 Å². The quantitative estimate of drug-likeness (QED) is 0.846. The maximum atomic E-state index is 11.9. The SMILES string of the molecule is COc1cc(C)c(C(=O)NC2CC2)cc1C. The van der Waals surface area contributed by atoms with Crippen LogP contribution in [0.5, 0.6) is 5.75 Å². The highest BCUT2D eigenvalue weighted by Gasteiger charge is 2.24. The van der Waals surface area contributed by atoms with Crippen LogP contribution in [0.15, 0.2) is 12.1 Å². The maximum Gasteiger partial charge on any atom is 0.251 e. The molecule has 0 saturated heterocycles. The summed E-state index contributed by atoms with van der Waals surface area (Å²) < 4.78 is 5.22. The Bertz CT molecular complexity index is 422. The average Bonchev–Trinajstić information content (AvgIpc) is 3.04. The molecule has 1 aliphatic rings. The van der Waals surface area contributed by atoms with E-state index in [0.717, 1.165) is 35.3 Å². The minimum atomic E-state index is 0.0331. The second-order valence-corrected chi connectivity index (χ2v) is 4.38. The molecule has 0 spiro atoms. The molecule has 0 heterocycles. The van der Waals surface area contributed by atoms with Crippen molar-refractivity contribution in [1.29, 1.82) is 0 Å². The molecule has 2 rings (SSSR count). The van der Waals surface area contributed by atoms with Crippen LogP contribution in [-0.2, 0) is 0 Å². The molecule has 1 saturated carbocycles. The molecule has 0 atom stereocenters. The van der Waals surface area contributed by atoms with E-state index < -0.39 is 0 Å². The van der Waals surface area contributed by atoms with Crippen LogP contribution in [0.25, 0.3) is 0 Å². The van der Waals surface area contributed by atoms with Crippen molar-refractivity contribution < 1.29 is 9.53 Å². The van der Waals surface area contributed by atoms with Crippen molar-refractivity contribution in [3.05, 3.63) is 28.8 Å². The number of carbonyl (C=O) groups excluding carboxylic acids is 1. The molecule has 1 aromatic carbocycles. The predicted molar refractivity (Wildman–Crippen MR) is 63.0 cm³/mol. The van der Waals surface area contributed by atoms with Crippen LogP contribution in [0.4, 0.5) is 0 Å². The zero-order chi connectivity index (χ0) is 11.7. The van der Waals surface area contributed by atoms with Crippen LogP contribution in [0, 0.1) is 13.8 Å². The molecule has 0 aliphatic heterocycles. The number of nitrogens with one attached hydrogen (secondary N) is 1. The van der Waals surface area contributed by atoms with Crippen molar-refractivity contribution in [2.24, 2.45) is 0 Å². The summed E-state index contributed by atoms with van der Waals surface area (Å²) in [7, 11) is 1.64. The van der Waals surface area contributed by atoms with E-state index in [0.29, 0.717) is 6.04 Å². The van der Waals surface area contributed by atoms with Crippen LogP contribution in [-0.4, -0.2) is 19.1 Å². The molecule has 1 fully saturated rings.